The standard InChI is InChI=1S/C17H22N2O3/c1-18(12-14-6-3-2-4-7-14)16(21)9-10-17(22)19-11-5-8-15(19)13-20/h2-4,6-7,13,15H,5,8-12H2,1H3/t15-/m0/s1. The molecule has 22 heavy (non-hydrogen) atoms. The predicted molar refractivity (Wildman–Crippen MR) is 82.9 cm³/mol. The summed E-state index contributed by atoms with van der Waals surface area (Å²) in [5.74, 6) is -0.157. The maximum Gasteiger partial charge on any atom is 0.223 e. The number of hydrogen-bond donors (Lipinski definition) is 0. The zero-order valence-corrected chi connectivity index (χ0v) is 12.9. The van der Waals surface area contributed by atoms with Gasteiger partial charge < -0.3 is 14.6 Å². The van der Waals surface area contributed by atoms with E-state index in [2.05, 4.69) is 0 Å². The van der Waals surface area contributed by atoms with Gasteiger partial charge in [0.25, 0.3) is 0 Å². The Balaban J connectivity index is 1.79. The van der Waals surface area contributed by atoms with Crippen molar-refractivity contribution in [1.29, 1.82) is 0 Å². The summed E-state index contributed by atoms with van der Waals surface area (Å²) in [7, 11) is 1.74. The summed E-state index contributed by atoms with van der Waals surface area (Å²) in [5, 5.41) is 0. The van der Waals surface area contributed by atoms with Gasteiger partial charge in [0.2, 0.25) is 11.8 Å². The number of hydrogen-bond acceptors (Lipinski definition) is 3. The van der Waals surface area contributed by atoms with Gasteiger partial charge in [0.05, 0.1) is 6.04 Å². The highest BCUT2D eigenvalue weighted by Crippen LogP contribution is 2.17. The number of benzene rings is 1. The van der Waals surface area contributed by atoms with Crippen LogP contribution in [0.15, 0.2) is 30.3 Å². The summed E-state index contributed by atoms with van der Waals surface area (Å²) in [6, 6.07) is 9.43. The zero-order valence-electron chi connectivity index (χ0n) is 12.9. The highest BCUT2D eigenvalue weighted by molar-refractivity contribution is 5.85. The molecule has 0 spiro atoms. The Hall–Kier alpha value is -2.17. The molecule has 118 valence electrons. The summed E-state index contributed by atoms with van der Waals surface area (Å²) >= 11 is 0. The molecular formula is C17H22N2O3. The first-order chi connectivity index (χ1) is 10.6. The van der Waals surface area contributed by atoms with Gasteiger partial charge in [-0.2, -0.15) is 0 Å². The second kappa shape index (κ2) is 7.73. The maximum atomic E-state index is 12.1. The summed E-state index contributed by atoms with van der Waals surface area (Å²) < 4.78 is 0. The molecule has 0 unspecified atom stereocenters. The van der Waals surface area contributed by atoms with Crippen LogP contribution >= 0.6 is 0 Å². The molecule has 2 amide bonds. The number of rotatable bonds is 6. The van der Waals surface area contributed by atoms with E-state index in [9.17, 15) is 14.4 Å². The van der Waals surface area contributed by atoms with Gasteiger partial charge >= 0.3 is 0 Å². The van der Waals surface area contributed by atoms with Gasteiger partial charge in [-0.05, 0) is 18.4 Å². The largest absolute Gasteiger partial charge is 0.341 e. The molecule has 1 heterocycles. The van der Waals surface area contributed by atoms with Crippen LogP contribution in [0.4, 0.5) is 0 Å². The lowest BCUT2D eigenvalue weighted by Crippen LogP contribution is -2.37. The minimum atomic E-state index is -0.301. The smallest absolute Gasteiger partial charge is 0.223 e. The van der Waals surface area contributed by atoms with Gasteiger partial charge in [-0.15, -0.1) is 0 Å². The van der Waals surface area contributed by atoms with Crippen LogP contribution in [0.3, 0.4) is 0 Å². The van der Waals surface area contributed by atoms with Crippen LogP contribution in [0.2, 0.25) is 0 Å². The third-order valence-electron chi connectivity index (χ3n) is 4.02. The average molecular weight is 302 g/mol. The second-order valence-corrected chi connectivity index (χ2v) is 5.67. The molecule has 1 aromatic carbocycles. The lowest BCUT2D eigenvalue weighted by Gasteiger charge is -2.21. The normalized spacial score (nSPS) is 17.3. The Morgan fingerprint density at radius 3 is 2.68 bits per heavy atom. The molecule has 1 aliphatic rings. The van der Waals surface area contributed by atoms with Crippen LogP contribution in [0.5, 0.6) is 0 Å². The van der Waals surface area contributed by atoms with Crippen LogP contribution in [0.25, 0.3) is 0 Å². The van der Waals surface area contributed by atoms with Crippen molar-refractivity contribution in [3.05, 3.63) is 35.9 Å². The third-order valence-corrected chi connectivity index (χ3v) is 4.02. The molecule has 1 saturated heterocycles. The molecule has 1 aliphatic heterocycles. The molecule has 1 atom stereocenters. The van der Waals surface area contributed by atoms with Gasteiger partial charge in [0.15, 0.2) is 0 Å². The quantitative estimate of drug-likeness (QED) is 0.750. The molecule has 1 aromatic rings. The molecular weight excluding hydrogens is 280 g/mol. The van der Waals surface area contributed by atoms with Gasteiger partial charge in [-0.3, -0.25) is 9.59 Å². The fourth-order valence-electron chi connectivity index (χ4n) is 2.74. The molecule has 0 aliphatic carbocycles. The fourth-order valence-corrected chi connectivity index (χ4v) is 2.74. The van der Waals surface area contributed by atoms with Crippen molar-refractivity contribution in [2.45, 2.75) is 38.3 Å². The van der Waals surface area contributed by atoms with E-state index in [4.69, 9.17) is 0 Å². The van der Waals surface area contributed by atoms with Crippen molar-refractivity contribution >= 4 is 18.1 Å². The first-order valence-electron chi connectivity index (χ1n) is 7.64. The lowest BCUT2D eigenvalue weighted by atomic mass is 10.2. The minimum Gasteiger partial charge on any atom is -0.341 e. The zero-order chi connectivity index (χ0) is 15.9. The first kappa shape index (κ1) is 16.2. The van der Waals surface area contributed by atoms with Gasteiger partial charge in [0.1, 0.15) is 6.29 Å². The predicted octanol–water partition coefficient (Wildman–Crippen LogP) is 1.62. The molecule has 5 nitrogen and oxygen atoms in total. The second-order valence-electron chi connectivity index (χ2n) is 5.67. The van der Waals surface area contributed by atoms with Crippen molar-refractivity contribution in [3.63, 3.8) is 0 Å². The molecule has 0 N–H and O–H groups in total. The van der Waals surface area contributed by atoms with Crippen molar-refractivity contribution in [2.24, 2.45) is 0 Å². The van der Waals surface area contributed by atoms with E-state index in [0.717, 1.165) is 24.7 Å². The van der Waals surface area contributed by atoms with Gasteiger partial charge in [-0.25, -0.2) is 0 Å². The Morgan fingerprint density at radius 1 is 1.27 bits per heavy atom. The Labute approximate surface area is 130 Å². The van der Waals surface area contributed by atoms with Crippen LogP contribution in [0.1, 0.15) is 31.2 Å². The van der Waals surface area contributed by atoms with Crippen LogP contribution in [-0.4, -0.2) is 47.5 Å². The number of carbonyl (C=O) groups is 3. The van der Waals surface area contributed by atoms with Crippen LogP contribution in [-0.2, 0) is 20.9 Å². The SMILES string of the molecule is CN(Cc1ccccc1)C(=O)CCC(=O)N1CCC[C@H]1C=O. The van der Waals surface area contributed by atoms with E-state index in [1.807, 2.05) is 30.3 Å². The number of carbonyl (C=O) groups excluding carboxylic acids is 3. The van der Waals surface area contributed by atoms with E-state index in [1.54, 1.807) is 16.8 Å². The summed E-state index contributed by atoms with van der Waals surface area (Å²) in [5.41, 5.74) is 1.06. The topological polar surface area (TPSA) is 57.7 Å². The summed E-state index contributed by atoms with van der Waals surface area (Å²) in [6.45, 7) is 1.16. The molecule has 0 radical (unpaired) electrons. The average Bonchev–Trinajstić information content (AvgIpc) is 3.01. The first-order valence-corrected chi connectivity index (χ1v) is 7.64. The molecule has 0 aromatic heterocycles. The van der Waals surface area contributed by atoms with Gasteiger partial charge in [0, 0.05) is 33.0 Å². The molecule has 0 saturated carbocycles. The molecule has 5 heteroatoms. The number of aldehydes is 1. The highest BCUT2D eigenvalue weighted by Gasteiger charge is 2.28. The molecule has 0 bridgehead atoms. The summed E-state index contributed by atoms with van der Waals surface area (Å²) in [6.07, 6.45) is 2.77. The lowest BCUT2D eigenvalue weighted by molar-refractivity contribution is -0.138. The molecule has 1 fully saturated rings. The Morgan fingerprint density at radius 2 is 2.00 bits per heavy atom. The van der Waals surface area contributed by atoms with E-state index < -0.39 is 0 Å². The van der Waals surface area contributed by atoms with E-state index in [-0.39, 0.29) is 30.7 Å². The highest BCUT2D eigenvalue weighted by atomic mass is 16.2. The molecule has 2 rings (SSSR count). The van der Waals surface area contributed by atoms with E-state index in [1.165, 1.54) is 0 Å². The maximum absolute atomic E-state index is 12.1. The van der Waals surface area contributed by atoms with Crippen LogP contribution < -0.4 is 0 Å². The van der Waals surface area contributed by atoms with E-state index in [0.29, 0.717) is 13.1 Å². The van der Waals surface area contributed by atoms with Crippen molar-refractivity contribution < 1.29 is 14.4 Å². The minimum absolute atomic E-state index is 0.0564. The Bertz CT molecular complexity index is 530. The third kappa shape index (κ3) is 4.16. The van der Waals surface area contributed by atoms with Crippen molar-refractivity contribution in [3.8, 4) is 0 Å². The van der Waals surface area contributed by atoms with Crippen molar-refractivity contribution in [1.82, 2.24) is 9.80 Å². The number of amides is 2. The van der Waals surface area contributed by atoms with Gasteiger partial charge in [-0.1, -0.05) is 30.3 Å². The van der Waals surface area contributed by atoms with Crippen molar-refractivity contribution in [2.75, 3.05) is 13.6 Å². The number of nitrogens with zero attached hydrogens (tertiary/aromatic N) is 2. The summed E-state index contributed by atoms with van der Waals surface area (Å²) in [4.78, 5) is 38.3. The monoisotopic (exact) mass is 302 g/mol. The fraction of sp³-hybridized carbons (Fsp3) is 0.471. The Kier molecular flexibility index (Phi) is 5.69. The van der Waals surface area contributed by atoms with Crippen LogP contribution in [0, 0.1) is 0 Å². The van der Waals surface area contributed by atoms with E-state index >= 15 is 0 Å². The number of likely N-dealkylation sites (tertiary alicyclic amines) is 1.